The first kappa shape index (κ1) is 8.50. The van der Waals surface area contributed by atoms with E-state index in [-0.39, 0.29) is 0 Å². The van der Waals surface area contributed by atoms with E-state index in [0.717, 1.165) is 6.54 Å². The largest absolute Gasteiger partial charge is 0.356 e. The maximum absolute atomic E-state index is 3.66. The molecule has 3 rings (SSSR count). The molecule has 14 heavy (non-hydrogen) atoms. The van der Waals surface area contributed by atoms with Crippen LogP contribution < -0.4 is 5.32 Å². The molecule has 1 atom stereocenters. The Morgan fingerprint density at radius 1 is 1.29 bits per heavy atom. The quantitative estimate of drug-likeness (QED) is 0.801. The van der Waals surface area contributed by atoms with E-state index in [4.69, 9.17) is 0 Å². The molecule has 1 aromatic carbocycles. The van der Waals surface area contributed by atoms with Crippen LogP contribution >= 0.6 is 15.9 Å². The van der Waals surface area contributed by atoms with Crippen LogP contribution in [0.15, 0.2) is 28.7 Å². The van der Waals surface area contributed by atoms with Gasteiger partial charge in [-0.25, -0.2) is 0 Å². The van der Waals surface area contributed by atoms with E-state index < -0.39 is 0 Å². The molecule has 0 bridgehead atoms. The molecule has 3 heteroatoms. The smallest absolute Gasteiger partial charge is 0.0496 e. The highest BCUT2D eigenvalue weighted by molar-refractivity contribution is 9.10. The molecule has 2 heterocycles. The van der Waals surface area contributed by atoms with Crippen LogP contribution in [0.25, 0.3) is 10.9 Å². The van der Waals surface area contributed by atoms with Gasteiger partial charge in [0.1, 0.15) is 0 Å². The van der Waals surface area contributed by atoms with Gasteiger partial charge >= 0.3 is 0 Å². The van der Waals surface area contributed by atoms with Crippen molar-refractivity contribution in [3.63, 3.8) is 0 Å². The van der Waals surface area contributed by atoms with Gasteiger partial charge in [0, 0.05) is 27.1 Å². The van der Waals surface area contributed by atoms with Crippen molar-refractivity contribution in [3.05, 3.63) is 34.4 Å². The number of nitrogens with one attached hydrogen (secondary N) is 2. The first-order valence-electron chi connectivity index (χ1n) is 4.86. The zero-order valence-corrected chi connectivity index (χ0v) is 9.26. The van der Waals surface area contributed by atoms with E-state index in [1.165, 1.54) is 27.5 Å². The highest BCUT2D eigenvalue weighted by Gasteiger charge is 2.23. The first-order chi connectivity index (χ1) is 6.86. The Balaban J connectivity index is 2.19. The van der Waals surface area contributed by atoms with Gasteiger partial charge in [-0.2, -0.15) is 0 Å². The number of para-hydroxylation sites is 1. The van der Waals surface area contributed by atoms with Crippen molar-refractivity contribution in [2.45, 2.75) is 12.5 Å². The molecule has 0 spiro atoms. The van der Waals surface area contributed by atoms with Gasteiger partial charge < -0.3 is 10.3 Å². The number of rotatable bonds is 1. The van der Waals surface area contributed by atoms with Crippen LogP contribution in [-0.4, -0.2) is 11.5 Å². The van der Waals surface area contributed by atoms with Gasteiger partial charge in [0.15, 0.2) is 0 Å². The molecular weight excluding hydrogens is 240 g/mol. The van der Waals surface area contributed by atoms with Gasteiger partial charge in [0.25, 0.3) is 0 Å². The lowest BCUT2D eigenvalue weighted by atomic mass is 10.0. The van der Waals surface area contributed by atoms with Gasteiger partial charge in [-0.15, -0.1) is 0 Å². The summed E-state index contributed by atoms with van der Waals surface area (Å²) in [5, 5.41) is 4.68. The topological polar surface area (TPSA) is 27.8 Å². The lowest BCUT2D eigenvalue weighted by Crippen LogP contribution is -2.35. The van der Waals surface area contributed by atoms with Crippen molar-refractivity contribution in [2.24, 2.45) is 0 Å². The predicted octanol–water partition coefficient (Wildman–Crippen LogP) is 2.96. The van der Waals surface area contributed by atoms with Gasteiger partial charge in [0.05, 0.1) is 0 Å². The third kappa shape index (κ3) is 1.12. The third-order valence-electron chi connectivity index (χ3n) is 2.84. The normalized spacial score (nSPS) is 21.1. The number of halogens is 1. The molecule has 1 aliphatic heterocycles. The predicted molar refractivity (Wildman–Crippen MR) is 61.4 cm³/mol. The zero-order valence-electron chi connectivity index (χ0n) is 7.68. The number of benzene rings is 1. The summed E-state index contributed by atoms with van der Waals surface area (Å²) in [7, 11) is 0. The molecule has 2 N–H and O–H groups in total. The Bertz CT molecular complexity index is 471. The van der Waals surface area contributed by atoms with Crippen molar-refractivity contribution in [3.8, 4) is 0 Å². The minimum absolute atomic E-state index is 0.511. The molecular formula is C11H11BrN2. The average Bonchev–Trinajstić information content (AvgIpc) is 2.43. The second-order valence-corrected chi connectivity index (χ2v) is 4.49. The number of aromatic nitrogens is 1. The Kier molecular flexibility index (Phi) is 1.89. The minimum atomic E-state index is 0.511. The van der Waals surface area contributed by atoms with Crippen LogP contribution in [0.4, 0.5) is 0 Å². The highest BCUT2D eigenvalue weighted by atomic mass is 79.9. The SMILES string of the molecule is Brc1c([C@@H]2CCN2)[nH]c2ccccc12. The number of H-pyrrole nitrogens is 1. The molecule has 0 unspecified atom stereocenters. The maximum Gasteiger partial charge on any atom is 0.0496 e. The first-order valence-corrected chi connectivity index (χ1v) is 5.65. The van der Waals surface area contributed by atoms with Gasteiger partial charge in [-0.1, -0.05) is 18.2 Å². The Morgan fingerprint density at radius 2 is 2.07 bits per heavy atom. The molecule has 1 saturated heterocycles. The van der Waals surface area contributed by atoms with Crippen molar-refractivity contribution in [2.75, 3.05) is 6.54 Å². The summed E-state index contributed by atoms with van der Waals surface area (Å²) in [6.45, 7) is 1.13. The van der Waals surface area contributed by atoms with Crippen LogP contribution in [0.2, 0.25) is 0 Å². The van der Waals surface area contributed by atoms with E-state index in [1.54, 1.807) is 0 Å². The lowest BCUT2D eigenvalue weighted by Gasteiger charge is -2.27. The minimum Gasteiger partial charge on any atom is -0.356 e. The molecule has 0 radical (unpaired) electrons. The second-order valence-electron chi connectivity index (χ2n) is 3.69. The molecule has 72 valence electrons. The molecule has 1 aromatic heterocycles. The lowest BCUT2D eigenvalue weighted by molar-refractivity contribution is 0.376. The monoisotopic (exact) mass is 250 g/mol. The molecule has 2 nitrogen and oxygen atoms in total. The fraction of sp³-hybridized carbons (Fsp3) is 0.273. The summed E-state index contributed by atoms with van der Waals surface area (Å²) in [5.41, 5.74) is 2.50. The Morgan fingerprint density at radius 3 is 2.71 bits per heavy atom. The number of hydrogen-bond acceptors (Lipinski definition) is 1. The standard InChI is InChI=1S/C11H11BrN2/c12-10-7-3-1-2-4-8(7)14-11(10)9-5-6-13-9/h1-4,9,13-14H,5-6H2/t9-/m0/s1. The van der Waals surface area contributed by atoms with E-state index in [2.05, 4.69) is 50.5 Å². The molecule has 0 aliphatic carbocycles. The molecule has 0 saturated carbocycles. The summed E-state index contributed by atoms with van der Waals surface area (Å²) in [5.74, 6) is 0. The summed E-state index contributed by atoms with van der Waals surface area (Å²) < 4.78 is 1.21. The molecule has 2 aromatic rings. The summed E-state index contributed by atoms with van der Waals surface area (Å²) in [6.07, 6.45) is 1.23. The van der Waals surface area contributed by atoms with Crippen LogP contribution in [-0.2, 0) is 0 Å². The average molecular weight is 251 g/mol. The van der Waals surface area contributed by atoms with Crippen molar-refractivity contribution < 1.29 is 0 Å². The van der Waals surface area contributed by atoms with Crippen LogP contribution in [0.5, 0.6) is 0 Å². The van der Waals surface area contributed by atoms with Crippen LogP contribution in [0, 0.1) is 0 Å². The summed E-state index contributed by atoms with van der Waals surface area (Å²) >= 11 is 3.66. The fourth-order valence-corrected chi connectivity index (χ4v) is 2.62. The summed E-state index contributed by atoms with van der Waals surface area (Å²) in [4.78, 5) is 3.46. The third-order valence-corrected chi connectivity index (χ3v) is 3.70. The molecule has 1 fully saturated rings. The highest BCUT2D eigenvalue weighted by Crippen LogP contribution is 2.34. The van der Waals surface area contributed by atoms with E-state index in [0.29, 0.717) is 6.04 Å². The fourth-order valence-electron chi connectivity index (χ4n) is 1.90. The van der Waals surface area contributed by atoms with Crippen LogP contribution in [0.3, 0.4) is 0 Å². The second kappa shape index (κ2) is 3.11. The zero-order chi connectivity index (χ0) is 9.54. The molecule has 0 amide bonds. The van der Waals surface area contributed by atoms with Crippen molar-refractivity contribution >= 4 is 26.8 Å². The van der Waals surface area contributed by atoms with Gasteiger partial charge in [0.2, 0.25) is 0 Å². The van der Waals surface area contributed by atoms with Gasteiger partial charge in [-0.3, -0.25) is 0 Å². The Labute approximate surface area is 90.8 Å². The van der Waals surface area contributed by atoms with E-state index in [1.807, 2.05) is 0 Å². The van der Waals surface area contributed by atoms with Crippen LogP contribution in [0.1, 0.15) is 18.2 Å². The van der Waals surface area contributed by atoms with Crippen molar-refractivity contribution in [1.29, 1.82) is 0 Å². The number of aromatic amines is 1. The molecule has 1 aliphatic rings. The summed E-state index contributed by atoms with van der Waals surface area (Å²) in [6, 6.07) is 8.89. The Hall–Kier alpha value is -0.800. The van der Waals surface area contributed by atoms with Crippen molar-refractivity contribution in [1.82, 2.24) is 10.3 Å². The maximum atomic E-state index is 3.66. The number of fused-ring (bicyclic) bond motifs is 1. The van der Waals surface area contributed by atoms with E-state index in [9.17, 15) is 0 Å². The van der Waals surface area contributed by atoms with Gasteiger partial charge in [-0.05, 0) is 35.0 Å². The number of hydrogen-bond donors (Lipinski definition) is 2. The van der Waals surface area contributed by atoms with E-state index >= 15 is 0 Å².